The minimum atomic E-state index is -0.654. The van der Waals surface area contributed by atoms with Crippen molar-refractivity contribution in [3.63, 3.8) is 0 Å². The van der Waals surface area contributed by atoms with Gasteiger partial charge in [0.25, 0.3) is 0 Å². The van der Waals surface area contributed by atoms with E-state index in [1.165, 1.54) is 5.56 Å². The summed E-state index contributed by atoms with van der Waals surface area (Å²) in [5, 5.41) is 3.06. The highest BCUT2D eigenvalue weighted by molar-refractivity contribution is 7.80. The highest BCUT2D eigenvalue weighted by Gasteiger charge is 2.44. The van der Waals surface area contributed by atoms with E-state index in [4.69, 9.17) is 18.0 Å². The molecule has 0 spiro atoms. The zero-order valence-corrected chi connectivity index (χ0v) is 13.2. The Balaban J connectivity index is 2.30. The van der Waals surface area contributed by atoms with Gasteiger partial charge in [-0.3, -0.25) is 4.79 Å². The maximum atomic E-state index is 12.7. The van der Waals surface area contributed by atoms with Gasteiger partial charge in [0, 0.05) is 5.69 Å². The van der Waals surface area contributed by atoms with Crippen molar-refractivity contribution in [2.24, 2.45) is 11.1 Å². The van der Waals surface area contributed by atoms with Crippen LogP contribution in [0.5, 0.6) is 0 Å². The average Bonchev–Trinajstić information content (AvgIpc) is 2.83. The number of hydrogen-bond acceptors (Lipinski definition) is 2. The summed E-state index contributed by atoms with van der Waals surface area (Å²) in [6.07, 6.45) is 3.55. The van der Waals surface area contributed by atoms with Gasteiger partial charge in [-0.1, -0.05) is 42.8 Å². The summed E-state index contributed by atoms with van der Waals surface area (Å²) < 4.78 is 0. The molecule has 1 saturated carbocycles. The highest BCUT2D eigenvalue weighted by atomic mass is 32.1. The number of rotatable bonds is 3. The molecular formula is C16H22N2OS. The van der Waals surface area contributed by atoms with Gasteiger partial charge >= 0.3 is 0 Å². The quantitative estimate of drug-likeness (QED) is 0.839. The summed E-state index contributed by atoms with van der Waals surface area (Å²) in [4.78, 5) is 13.0. The molecule has 0 bridgehead atoms. The third-order valence-electron chi connectivity index (χ3n) is 4.28. The van der Waals surface area contributed by atoms with Crippen LogP contribution in [0.15, 0.2) is 12.1 Å². The van der Waals surface area contributed by atoms with Crippen LogP contribution in [0.1, 0.15) is 42.4 Å². The average molecular weight is 290 g/mol. The maximum Gasteiger partial charge on any atom is 0.237 e. The Morgan fingerprint density at radius 2 is 1.70 bits per heavy atom. The van der Waals surface area contributed by atoms with Crippen molar-refractivity contribution in [1.82, 2.24) is 0 Å². The summed E-state index contributed by atoms with van der Waals surface area (Å²) in [6, 6.07) is 4.15. The molecular weight excluding hydrogens is 268 g/mol. The van der Waals surface area contributed by atoms with Crippen molar-refractivity contribution >= 4 is 28.8 Å². The first-order valence-electron chi connectivity index (χ1n) is 7.06. The van der Waals surface area contributed by atoms with Gasteiger partial charge in [0.15, 0.2) is 0 Å². The largest absolute Gasteiger partial charge is 0.392 e. The van der Waals surface area contributed by atoms with Gasteiger partial charge in [-0.25, -0.2) is 0 Å². The molecule has 0 radical (unpaired) electrons. The lowest BCUT2D eigenvalue weighted by Gasteiger charge is -2.27. The van der Waals surface area contributed by atoms with Crippen LogP contribution in [-0.2, 0) is 4.79 Å². The summed E-state index contributed by atoms with van der Waals surface area (Å²) in [7, 11) is 0. The molecule has 0 unspecified atom stereocenters. The predicted molar refractivity (Wildman–Crippen MR) is 87.0 cm³/mol. The zero-order valence-electron chi connectivity index (χ0n) is 12.4. The molecule has 1 aromatic rings. The molecule has 0 saturated heterocycles. The van der Waals surface area contributed by atoms with Gasteiger partial charge in [-0.05, 0) is 44.7 Å². The fourth-order valence-electron chi connectivity index (χ4n) is 3.17. The third kappa shape index (κ3) is 2.57. The number of amides is 1. The van der Waals surface area contributed by atoms with E-state index in [0.29, 0.717) is 4.99 Å². The molecule has 0 aliphatic heterocycles. The molecule has 2 rings (SSSR count). The lowest BCUT2D eigenvalue weighted by molar-refractivity contribution is -0.122. The van der Waals surface area contributed by atoms with Crippen molar-refractivity contribution in [3.8, 4) is 0 Å². The molecule has 1 fully saturated rings. The van der Waals surface area contributed by atoms with Gasteiger partial charge in [0.1, 0.15) is 0 Å². The van der Waals surface area contributed by atoms with Gasteiger partial charge < -0.3 is 11.1 Å². The van der Waals surface area contributed by atoms with E-state index < -0.39 is 5.41 Å². The fraction of sp³-hybridized carbons (Fsp3) is 0.500. The van der Waals surface area contributed by atoms with E-state index in [0.717, 1.165) is 42.5 Å². The summed E-state index contributed by atoms with van der Waals surface area (Å²) in [5.74, 6) is -0.0439. The van der Waals surface area contributed by atoms with Crippen LogP contribution in [-0.4, -0.2) is 10.9 Å². The molecule has 3 nitrogen and oxygen atoms in total. The topological polar surface area (TPSA) is 55.1 Å². The van der Waals surface area contributed by atoms with Gasteiger partial charge in [-0.2, -0.15) is 0 Å². The molecule has 0 atom stereocenters. The second-order valence-corrected chi connectivity index (χ2v) is 6.32. The molecule has 3 N–H and O–H groups in total. The lowest BCUT2D eigenvalue weighted by Crippen LogP contribution is -2.44. The first-order chi connectivity index (χ1) is 9.36. The normalized spacial score (nSPS) is 16.9. The first-order valence-corrected chi connectivity index (χ1v) is 7.47. The monoisotopic (exact) mass is 290 g/mol. The Bertz CT molecular complexity index is 537. The maximum absolute atomic E-state index is 12.7. The van der Waals surface area contributed by atoms with Crippen molar-refractivity contribution in [2.75, 3.05) is 5.32 Å². The smallest absolute Gasteiger partial charge is 0.237 e. The molecule has 1 amide bonds. The fourth-order valence-corrected chi connectivity index (χ4v) is 3.47. The van der Waals surface area contributed by atoms with Crippen molar-refractivity contribution in [2.45, 2.75) is 46.5 Å². The highest BCUT2D eigenvalue weighted by Crippen LogP contribution is 2.40. The SMILES string of the molecule is Cc1cc(C)c(NC(=O)C2(C(N)=S)CCCC2)c(C)c1. The number of carbonyl (C=O) groups excluding carboxylic acids is 1. The van der Waals surface area contributed by atoms with Crippen molar-refractivity contribution in [1.29, 1.82) is 0 Å². The molecule has 108 valence electrons. The zero-order chi connectivity index (χ0) is 14.9. The minimum absolute atomic E-state index is 0.0439. The number of anilines is 1. The number of thiocarbonyl (C=S) groups is 1. The summed E-state index contributed by atoms with van der Waals surface area (Å²) in [5.41, 5.74) is 9.45. The number of hydrogen-bond donors (Lipinski definition) is 2. The van der Waals surface area contributed by atoms with Crippen molar-refractivity contribution in [3.05, 3.63) is 28.8 Å². The van der Waals surface area contributed by atoms with Crippen molar-refractivity contribution < 1.29 is 4.79 Å². The van der Waals surface area contributed by atoms with Crippen LogP contribution in [0.3, 0.4) is 0 Å². The van der Waals surface area contributed by atoms with Gasteiger partial charge in [0.05, 0.1) is 10.4 Å². The number of nitrogens with one attached hydrogen (secondary N) is 1. The predicted octanol–water partition coefficient (Wildman–Crippen LogP) is 3.40. The molecule has 0 heterocycles. The summed E-state index contributed by atoms with van der Waals surface area (Å²) in [6.45, 7) is 6.08. The van der Waals surface area contributed by atoms with E-state index in [1.807, 2.05) is 13.8 Å². The van der Waals surface area contributed by atoms with E-state index in [2.05, 4.69) is 24.4 Å². The van der Waals surface area contributed by atoms with Crippen LogP contribution in [0.25, 0.3) is 0 Å². The van der Waals surface area contributed by atoms with E-state index in [9.17, 15) is 4.79 Å². The molecule has 1 aliphatic rings. The lowest BCUT2D eigenvalue weighted by atomic mass is 9.84. The number of aryl methyl sites for hydroxylation is 3. The molecule has 4 heteroatoms. The Kier molecular flexibility index (Phi) is 4.14. The Labute approximate surface area is 125 Å². The Morgan fingerprint density at radius 3 is 2.15 bits per heavy atom. The van der Waals surface area contributed by atoms with Gasteiger partial charge in [-0.15, -0.1) is 0 Å². The Morgan fingerprint density at radius 1 is 1.20 bits per heavy atom. The molecule has 1 aromatic carbocycles. The van der Waals surface area contributed by atoms with E-state index in [1.54, 1.807) is 0 Å². The molecule has 0 aromatic heterocycles. The molecule has 1 aliphatic carbocycles. The van der Waals surface area contributed by atoms with Crippen LogP contribution < -0.4 is 11.1 Å². The minimum Gasteiger partial charge on any atom is -0.392 e. The van der Waals surface area contributed by atoms with E-state index >= 15 is 0 Å². The number of nitrogens with two attached hydrogens (primary N) is 1. The number of benzene rings is 1. The molecule has 20 heavy (non-hydrogen) atoms. The van der Waals surface area contributed by atoms with Crippen LogP contribution >= 0.6 is 12.2 Å². The standard InChI is InChI=1S/C16H22N2OS/c1-10-8-11(2)13(12(3)9-10)18-15(19)16(14(17)20)6-4-5-7-16/h8-9H,4-7H2,1-3H3,(H2,17,20)(H,18,19). The second-order valence-electron chi connectivity index (χ2n) is 5.88. The van der Waals surface area contributed by atoms with Crippen LogP contribution in [0.2, 0.25) is 0 Å². The van der Waals surface area contributed by atoms with E-state index in [-0.39, 0.29) is 5.91 Å². The summed E-state index contributed by atoms with van der Waals surface area (Å²) >= 11 is 5.16. The second kappa shape index (κ2) is 5.52. The van der Waals surface area contributed by atoms with Crippen LogP contribution in [0.4, 0.5) is 5.69 Å². The Hall–Kier alpha value is -1.42. The number of carbonyl (C=O) groups is 1. The van der Waals surface area contributed by atoms with Gasteiger partial charge in [0.2, 0.25) is 5.91 Å². The van der Waals surface area contributed by atoms with Crippen LogP contribution in [0, 0.1) is 26.2 Å². The third-order valence-corrected chi connectivity index (χ3v) is 4.67. The first kappa shape index (κ1) is 15.0.